The molecule has 8 nitrogen and oxygen atoms in total. The van der Waals surface area contributed by atoms with Crippen molar-refractivity contribution in [3.63, 3.8) is 0 Å². The lowest BCUT2D eigenvalue weighted by atomic mass is 10.1. The maximum absolute atomic E-state index is 14.3. The van der Waals surface area contributed by atoms with Gasteiger partial charge in [-0.3, -0.25) is 9.52 Å². The van der Waals surface area contributed by atoms with Crippen LogP contribution in [0.1, 0.15) is 22.8 Å². The van der Waals surface area contributed by atoms with Gasteiger partial charge in [-0.05, 0) is 61.9 Å². The van der Waals surface area contributed by atoms with Gasteiger partial charge < -0.3 is 19.5 Å². The second kappa shape index (κ2) is 10.4. The summed E-state index contributed by atoms with van der Waals surface area (Å²) in [7, 11) is -1.33. The summed E-state index contributed by atoms with van der Waals surface area (Å²) in [6.45, 7) is 3.98. The van der Waals surface area contributed by atoms with Crippen molar-refractivity contribution in [3.05, 3.63) is 71.5 Å². The topological polar surface area (TPSA) is 103 Å². The highest BCUT2D eigenvalue weighted by atomic mass is 32.2. The van der Waals surface area contributed by atoms with Crippen molar-refractivity contribution in [2.75, 3.05) is 30.9 Å². The lowest BCUT2D eigenvalue weighted by molar-refractivity contribution is 0.102. The molecule has 2 N–H and O–H groups in total. The van der Waals surface area contributed by atoms with Crippen LogP contribution in [0.4, 0.5) is 15.8 Å². The van der Waals surface area contributed by atoms with Gasteiger partial charge in [0.05, 0.1) is 42.7 Å². The average Bonchev–Trinajstić information content (AvgIpc) is 2.80. The van der Waals surface area contributed by atoms with Gasteiger partial charge in [0.25, 0.3) is 15.9 Å². The van der Waals surface area contributed by atoms with E-state index >= 15 is 0 Å². The maximum Gasteiger partial charge on any atom is 0.261 e. The smallest absolute Gasteiger partial charge is 0.261 e. The largest absolute Gasteiger partial charge is 0.494 e. The van der Waals surface area contributed by atoms with Crippen molar-refractivity contribution < 1.29 is 31.8 Å². The van der Waals surface area contributed by atoms with Crippen LogP contribution in [0.3, 0.4) is 0 Å². The molecule has 0 aromatic heterocycles. The molecular weight excluding hydrogens is 463 g/mol. The summed E-state index contributed by atoms with van der Waals surface area (Å²) in [5, 5.41) is 2.47. The van der Waals surface area contributed by atoms with Crippen molar-refractivity contribution in [2.24, 2.45) is 0 Å². The zero-order valence-corrected chi connectivity index (χ0v) is 20.0. The second-order valence-electron chi connectivity index (χ2n) is 7.20. The van der Waals surface area contributed by atoms with Gasteiger partial charge in [0.1, 0.15) is 11.6 Å². The van der Waals surface area contributed by atoms with Crippen LogP contribution in [0.15, 0.2) is 59.5 Å². The Hall–Kier alpha value is -3.79. The number of carbonyl (C=O) groups is 1. The zero-order chi connectivity index (χ0) is 24.9. The molecule has 0 aliphatic heterocycles. The summed E-state index contributed by atoms with van der Waals surface area (Å²) < 4.78 is 58.6. The molecule has 0 radical (unpaired) electrons. The number of carbonyl (C=O) groups excluding carboxylic acids is 1. The van der Waals surface area contributed by atoms with Crippen molar-refractivity contribution in [3.8, 4) is 17.2 Å². The summed E-state index contributed by atoms with van der Waals surface area (Å²) >= 11 is 0. The number of aryl methyl sites for hydroxylation is 1. The first-order valence-corrected chi connectivity index (χ1v) is 11.8. The Balaban J connectivity index is 2.00. The van der Waals surface area contributed by atoms with Crippen LogP contribution in [0.2, 0.25) is 0 Å². The van der Waals surface area contributed by atoms with E-state index in [0.717, 1.165) is 0 Å². The Labute approximate surface area is 197 Å². The van der Waals surface area contributed by atoms with Gasteiger partial charge in [-0.25, -0.2) is 12.8 Å². The fraction of sp³-hybridized carbons (Fsp3) is 0.208. The van der Waals surface area contributed by atoms with E-state index in [2.05, 4.69) is 10.0 Å². The minimum atomic E-state index is -4.09. The van der Waals surface area contributed by atoms with E-state index in [9.17, 15) is 17.6 Å². The van der Waals surface area contributed by atoms with E-state index in [1.807, 2.05) is 6.92 Å². The van der Waals surface area contributed by atoms with Gasteiger partial charge in [0.15, 0.2) is 11.5 Å². The number of ether oxygens (including phenoxy) is 3. The quantitative estimate of drug-likeness (QED) is 0.456. The number of anilines is 2. The number of hydrogen-bond donors (Lipinski definition) is 2. The Morgan fingerprint density at radius 1 is 0.941 bits per heavy atom. The number of rotatable bonds is 9. The van der Waals surface area contributed by atoms with Gasteiger partial charge in [-0.15, -0.1) is 0 Å². The third kappa shape index (κ3) is 5.57. The van der Waals surface area contributed by atoms with E-state index in [1.54, 1.807) is 13.0 Å². The molecule has 3 aromatic rings. The van der Waals surface area contributed by atoms with Crippen molar-refractivity contribution in [1.82, 2.24) is 0 Å². The summed E-state index contributed by atoms with van der Waals surface area (Å²) in [4.78, 5) is 13.0. The first-order chi connectivity index (χ1) is 16.2. The van der Waals surface area contributed by atoms with Crippen LogP contribution >= 0.6 is 0 Å². The monoisotopic (exact) mass is 488 g/mol. The molecule has 3 rings (SSSR count). The van der Waals surface area contributed by atoms with Crippen LogP contribution in [0.5, 0.6) is 17.2 Å². The van der Waals surface area contributed by atoms with Crippen LogP contribution in [-0.2, 0) is 10.0 Å². The Bertz CT molecular complexity index is 1290. The lowest BCUT2D eigenvalue weighted by Crippen LogP contribution is -2.19. The number of sulfonamides is 1. The number of benzene rings is 3. The standard InChI is InChI=1S/C24H25FN2O6S/c1-5-33-16-7-9-17(10-8-16)34(29,30)27-21-14-23(32-4)22(31-3)13-18(21)24(28)26-20-11-6-15(2)12-19(20)25/h6-14,27H,5H2,1-4H3,(H,26,28). The Morgan fingerprint density at radius 3 is 2.18 bits per heavy atom. The summed E-state index contributed by atoms with van der Waals surface area (Å²) in [5.74, 6) is -0.447. The number of amides is 1. The summed E-state index contributed by atoms with van der Waals surface area (Å²) in [6.07, 6.45) is 0. The zero-order valence-electron chi connectivity index (χ0n) is 19.1. The second-order valence-corrected chi connectivity index (χ2v) is 8.88. The number of hydrogen-bond acceptors (Lipinski definition) is 6. The SMILES string of the molecule is CCOc1ccc(S(=O)(=O)Nc2cc(OC)c(OC)cc2C(=O)Nc2ccc(C)cc2F)cc1. The number of halogens is 1. The predicted molar refractivity (Wildman–Crippen MR) is 127 cm³/mol. The lowest BCUT2D eigenvalue weighted by Gasteiger charge is -2.17. The average molecular weight is 489 g/mol. The summed E-state index contributed by atoms with van der Waals surface area (Å²) in [6, 6.07) is 12.8. The molecule has 3 aromatic carbocycles. The number of methoxy groups -OCH3 is 2. The number of nitrogens with one attached hydrogen (secondary N) is 2. The molecule has 180 valence electrons. The van der Waals surface area contributed by atoms with Gasteiger partial charge in [0, 0.05) is 6.07 Å². The molecule has 0 heterocycles. The molecule has 0 aliphatic rings. The van der Waals surface area contributed by atoms with Gasteiger partial charge in [0.2, 0.25) is 0 Å². The minimum absolute atomic E-state index is 0.0401. The molecule has 1 amide bonds. The molecule has 0 fully saturated rings. The Morgan fingerprint density at radius 2 is 1.59 bits per heavy atom. The molecular formula is C24H25FN2O6S. The van der Waals surface area contributed by atoms with Crippen LogP contribution in [0, 0.1) is 12.7 Å². The minimum Gasteiger partial charge on any atom is -0.494 e. The third-order valence-electron chi connectivity index (χ3n) is 4.83. The van der Waals surface area contributed by atoms with Crippen molar-refractivity contribution in [1.29, 1.82) is 0 Å². The molecule has 0 saturated carbocycles. The highest BCUT2D eigenvalue weighted by Crippen LogP contribution is 2.35. The fourth-order valence-electron chi connectivity index (χ4n) is 3.15. The molecule has 34 heavy (non-hydrogen) atoms. The molecule has 0 aliphatic carbocycles. The van der Waals surface area contributed by atoms with E-state index in [-0.39, 0.29) is 33.3 Å². The maximum atomic E-state index is 14.3. The first-order valence-electron chi connectivity index (χ1n) is 10.3. The summed E-state index contributed by atoms with van der Waals surface area (Å²) in [5.41, 5.74) is 0.472. The van der Waals surface area contributed by atoms with Gasteiger partial charge in [-0.2, -0.15) is 0 Å². The molecule has 0 bridgehead atoms. The highest BCUT2D eigenvalue weighted by molar-refractivity contribution is 7.92. The highest BCUT2D eigenvalue weighted by Gasteiger charge is 2.23. The van der Waals surface area contributed by atoms with Crippen LogP contribution < -0.4 is 24.2 Å². The molecule has 10 heteroatoms. The van der Waals surface area contributed by atoms with Crippen molar-refractivity contribution >= 4 is 27.3 Å². The fourth-order valence-corrected chi connectivity index (χ4v) is 4.22. The third-order valence-corrected chi connectivity index (χ3v) is 6.21. The molecule has 0 spiro atoms. The van der Waals surface area contributed by atoms with Crippen LogP contribution in [0.25, 0.3) is 0 Å². The van der Waals surface area contributed by atoms with Crippen molar-refractivity contribution in [2.45, 2.75) is 18.7 Å². The normalized spacial score (nSPS) is 11.0. The predicted octanol–water partition coefficient (Wildman–Crippen LogP) is 4.60. The first kappa shape index (κ1) is 24.8. The van der Waals surface area contributed by atoms with E-state index in [0.29, 0.717) is 17.9 Å². The molecule has 0 saturated heterocycles. The Kier molecular flexibility index (Phi) is 7.62. The van der Waals surface area contributed by atoms with Gasteiger partial charge >= 0.3 is 0 Å². The van der Waals surface area contributed by atoms with E-state index in [1.165, 1.54) is 62.8 Å². The van der Waals surface area contributed by atoms with E-state index < -0.39 is 21.7 Å². The van der Waals surface area contributed by atoms with E-state index in [4.69, 9.17) is 14.2 Å². The van der Waals surface area contributed by atoms with Gasteiger partial charge in [-0.1, -0.05) is 6.07 Å². The molecule has 0 unspecified atom stereocenters. The molecule has 0 atom stereocenters. The van der Waals surface area contributed by atoms with Crippen LogP contribution in [-0.4, -0.2) is 35.2 Å².